The molecule has 0 aliphatic carbocycles. The number of benzene rings is 4. The maximum Gasteiger partial charge on any atom is 0.259 e. The van der Waals surface area contributed by atoms with E-state index in [9.17, 15) is 4.79 Å². The Kier molecular flexibility index (Phi) is 6.41. The molecule has 0 atom stereocenters. The fraction of sp³-hybridized carbons (Fsp3) is 0.172. The second-order valence-electron chi connectivity index (χ2n) is 8.76. The fourth-order valence-corrected chi connectivity index (χ4v) is 4.94. The molecule has 0 unspecified atom stereocenters. The molecular weight excluding hydrogens is 520 g/mol. The maximum absolute atomic E-state index is 13.4. The van der Waals surface area contributed by atoms with E-state index in [0.29, 0.717) is 40.1 Å². The molecule has 6 nitrogen and oxygen atoms in total. The molecular formula is C29H25BrN2O4. The predicted octanol–water partition coefficient (Wildman–Crippen LogP) is 7.80. The number of hydrogen-bond donors (Lipinski definition) is 1. The Morgan fingerprint density at radius 3 is 2.56 bits per heavy atom. The minimum Gasteiger partial charge on any atom is -0.495 e. The Labute approximate surface area is 217 Å². The number of amides is 1. The number of oxazole rings is 1. The number of aromatic nitrogens is 1. The van der Waals surface area contributed by atoms with Gasteiger partial charge in [0.25, 0.3) is 5.91 Å². The second-order valence-corrected chi connectivity index (χ2v) is 9.56. The first kappa shape index (κ1) is 23.9. The van der Waals surface area contributed by atoms with Crippen molar-refractivity contribution >= 4 is 49.4 Å². The monoisotopic (exact) mass is 544 g/mol. The Bertz CT molecular complexity index is 1610. The summed E-state index contributed by atoms with van der Waals surface area (Å²) in [6.07, 6.45) is 0. The molecule has 1 heterocycles. The molecule has 1 N–H and O–H groups in total. The van der Waals surface area contributed by atoms with E-state index in [1.165, 1.54) is 5.56 Å². The summed E-state index contributed by atoms with van der Waals surface area (Å²) in [5.41, 5.74) is 4.32. The summed E-state index contributed by atoms with van der Waals surface area (Å²) in [7, 11) is 3.11. The van der Waals surface area contributed by atoms with E-state index in [1.807, 2.05) is 48.5 Å². The summed E-state index contributed by atoms with van der Waals surface area (Å²) in [5, 5.41) is 4.86. The van der Waals surface area contributed by atoms with E-state index in [2.05, 4.69) is 46.1 Å². The summed E-state index contributed by atoms with van der Waals surface area (Å²) in [4.78, 5) is 18.1. The van der Waals surface area contributed by atoms with Gasteiger partial charge >= 0.3 is 0 Å². The van der Waals surface area contributed by atoms with Gasteiger partial charge in [-0.15, -0.1) is 0 Å². The van der Waals surface area contributed by atoms with Gasteiger partial charge in [0.15, 0.2) is 5.58 Å². The second kappa shape index (κ2) is 9.66. The van der Waals surface area contributed by atoms with Crippen LogP contribution in [0, 0.1) is 0 Å². The van der Waals surface area contributed by atoms with Crippen molar-refractivity contribution in [2.45, 2.75) is 19.8 Å². The topological polar surface area (TPSA) is 73.6 Å². The molecule has 36 heavy (non-hydrogen) atoms. The van der Waals surface area contributed by atoms with E-state index >= 15 is 0 Å². The lowest BCUT2D eigenvalue weighted by atomic mass is 10.0. The zero-order valence-electron chi connectivity index (χ0n) is 20.4. The number of anilines is 1. The highest BCUT2D eigenvalue weighted by Gasteiger charge is 2.20. The van der Waals surface area contributed by atoms with E-state index in [4.69, 9.17) is 13.9 Å². The largest absolute Gasteiger partial charge is 0.495 e. The summed E-state index contributed by atoms with van der Waals surface area (Å²) >= 11 is 3.60. The standard InChI is InChI=1S/C29H25BrN2O4/c1-16(2)17-9-12-25-23(14-17)32-29(36-25)19-10-11-24(34-3)22(15-19)31-28(33)21-13-18-7-5-6-8-20(18)26(30)27(21)35-4/h5-16H,1-4H3,(H,31,33). The number of ether oxygens (including phenoxy) is 2. The molecule has 182 valence electrons. The van der Waals surface area contributed by atoms with Crippen LogP contribution in [0.1, 0.15) is 35.7 Å². The number of halogens is 1. The molecule has 1 amide bonds. The first-order valence-electron chi connectivity index (χ1n) is 11.5. The summed E-state index contributed by atoms with van der Waals surface area (Å²) in [6, 6.07) is 21.1. The van der Waals surface area contributed by atoms with Crippen LogP contribution >= 0.6 is 15.9 Å². The van der Waals surface area contributed by atoms with Crippen LogP contribution < -0.4 is 14.8 Å². The predicted molar refractivity (Wildman–Crippen MR) is 146 cm³/mol. The van der Waals surface area contributed by atoms with Gasteiger partial charge in [-0.3, -0.25) is 4.79 Å². The lowest BCUT2D eigenvalue weighted by Gasteiger charge is -2.15. The van der Waals surface area contributed by atoms with Gasteiger partial charge in [0, 0.05) is 5.56 Å². The zero-order valence-corrected chi connectivity index (χ0v) is 22.0. The molecule has 0 bridgehead atoms. The Hall–Kier alpha value is -3.84. The fourth-order valence-electron chi connectivity index (χ4n) is 4.21. The van der Waals surface area contributed by atoms with Crippen molar-refractivity contribution in [3.8, 4) is 23.0 Å². The van der Waals surface area contributed by atoms with Gasteiger partial charge in [-0.1, -0.05) is 44.2 Å². The maximum atomic E-state index is 13.4. The third-order valence-electron chi connectivity index (χ3n) is 6.16. The lowest BCUT2D eigenvalue weighted by molar-refractivity contribution is 0.102. The van der Waals surface area contributed by atoms with E-state index in [-0.39, 0.29) is 5.91 Å². The molecule has 0 saturated heterocycles. The van der Waals surface area contributed by atoms with E-state index in [0.717, 1.165) is 26.3 Å². The lowest BCUT2D eigenvalue weighted by Crippen LogP contribution is -2.14. The normalized spacial score (nSPS) is 11.3. The minimum atomic E-state index is -0.326. The first-order valence-corrected chi connectivity index (χ1v) is 12.3. The van der Waals surface area contributed by atoms with Crippen molar-refractivity contribution in [2.75, 3.05) is 19.5 Å². The highest BCUT2D eigenvalue weighted by atomic mass is 79.9. The van der Waals surface area contributed by atoms with Crippen molar-refractivity contribution < 1.29 is 18.7 Å². The van der Waals surface area contributed by atoms with Gasteiger partial charge in [0.05, 0.1) is 29.9 Å². The number of hydrogen-bond acceptors (Lipinski definition) is 5. The molecule has 1 aromatic heterocycles. The van der Waals surface area contributed by atoms with Crippen LogP contribution in [0.4, 0.5) is 5.69 Å². The molecule has 0 radical (unpaired) electrons. The first-order chi connectivity index (χ1) is 17.4. The Morgan fingerprint density at radius 1 is 1.00 bits per heavy atom. The summed E-state index contributed by atoms with van der Waals surface area (Å²) < 4.78 is 17.8. The van der Waals surface area contributed by atoms with Crippen molar-refractivity contribution in [1.29, 1.82) is 0 Å². The Balaban J connectivity index is 1.53. The van der Waals surface area contributed by atoms with Gasteiger partial charge in [-0.05, 0) is 74.6 Å². The molecule has 0 aliphatic rings. The van der Waals surface area contributed by atoms with Crippen LogP contribution in [0.3, 0.4) is 0 Å². The number of carbonyl (C=O) groups excluding carboxylic acids is 1. The van der Waals surface area contributed by atoms with Gasteiger partial charge in [-0.2, -0.15) is 0 Å². The average molecular weight is 545 g/mol. The number of carbonyl (C=O) groups is 1. The highest BCUT2D eigenvalue weighted by Crippen LogP contribution is 2.38. The highest BCUT2D eigenvalue weighted by molar-refractivity contribution is 9.10. The van der Waals surface area contributed by atoms with Crippen molar-refractivity contribution in [3.05, 3.63) is 82.3 Å². The molecule has 7 heteroatoms. The number of nitrogens with zero attached hydrogens (tertiary/aromatic N) is 1. The zero-order chi connectivity index (χ0) is 25.4. The molecule has 0 spiro atoms. The minimum absolute atomic E-state index is 0.326. The van der Waals surface area contributed by atoms with Crippen LogP contribution in [0.2, 0.25) is 0 Å². The molecule has 0 fully saturated rings. The Morgan fingerprint density at radius 2 is 1.81 bits per heavy atom. The molecule has 0 aliphatic heterocycles. The van der Waals surface area contributed by atoms with Crippen LogP contribution in [0.15, 0.2) is 75.6 Å². The number of nitrogens with one attached hydrogen (secondary N) is 1. The van der Waals surface area contributed by atoms with Crippen LogP contribution in [0.5, 0.6) is 11.5 Å². The smallest absolute Gasteiger partial charge is 0.259 e. The van der Waals surface area contributed by atoms with E-state index in [1.54, 1.807) is 26.4 Å². The van der Waals surface area contributed by atoms with E-state index < -0.39 is 0 Å². The molecule has 5 aromatic rings. The van der Waals surface area contributed by atoms with Gasteiger partial charge in [-0.25, -0.2) is 4.98 Å². The average Bonchev–Trinajstić information content (AvgIpc) is 3.32. The van der Waals surface area contributed by atoms with Gasteiger partial charge < -0.3 is 19.2 Å². The summed E-state index contributed by atoms with van der Waals surface area (Å²) in [5.74, 6) is 1.51. The molecule has 4 aromatic carbocycles. The quantitative estimate of drug-likeness (QED) is 0.236. The van der Waals surface area contributed by atoms with Crippen LogP contribution in [-0.4, -0.2) is 25.1 Å². The van der Waals surface area contributed by atoms with Crippen LogP contribution in [0.25, 0.3) is 33.3 Å². The molecule has 0 saturated carbocycles. The third-order valence-corrected chi connectivity index (χ3v) is 6.95. The SMILES string of the molecule is COc1ccc(-c2nc3cc(C(C)C)ccc3o2)cc1NC(=O)c1cc2ccccc2c(Br)c1OC. The van der Waals surface area contributed by atoms with Gasteiger partial charge in [0.1, 0.15) is 17.0 Å². The van der Waals surface area contributed by atoms with Crippen molar-refractivity contribution in [2.24, 2.45) is 0 Å². The van der Waals surface area contributed by atoms with Crippen LogP contribution in [-0.2, 0) is 0 Å². The van der Waals surface area contributed by atoms with Gasteiger partial charge in [0.2, 0.25) is 5.89 Å². The molecule has 5 rings (SSSR count). The summed E-state index contributed by atoms with van der Waals surface area (Å²) in [6.45, 7) is 4.29. The third kappa shape index (κ3) is 4.31. The number of fused-ring (bicyclic) bond motifs is 2. The van der Waals surface area contributed by atoms with Crippen molar-refractivity contribution in [3.63, 3.8) is 0 Å². The number of rotatable bonds is 6. The van der Waals surface area contributed by atoms with Crippen molar-refractivity contribution in [1.82, 2.24) is 4.98 Å². The number of methoxy groups -OCH3 is 2.